The number of carbonyl (C=O) groups is 1. The molecule has 1 unspecified atom stereocenters. The second-order valence-corrected chi connectivity index (χ2v) is 3.95. The Bertz CT molecular complexity index is 447. The molecule has 0 aliphatic rings. The smallest absolute Gasteiger partial charge is 0.401 e. The predicted octanol–water partition coefficient (Wildman–Crippen LogP) is 1.84. The topological polar surface area (TPSA) is 69.6 Å². The van der Waals surface area contributed by atoms with Crippen molar-refractivity contribution in [2.24, 2.45) is 0 Å². The van der Waals surface area contributed by atoms with Crippen molar-refractivity contribution in [2.75, 3.05) is 6.54 Å². The van der Waals surface area contributed by atoms with Crippen LogP contribution in [-0.4, -0.2) is 28.9 Å². The zero-order valence-electron chi connectivity index (χ0n) is 9.45. The van der Waals surface area contributed by atoms with Crippen LogP contribution in [0.2, 0.25) is 0 Å². The lowest BCUT2D eigenvalue weighted by atomic mass is 9.92. The Morgan fingerprint density at radius 2 is 2.00 bits per heavy atom. The molecule has 1 rings (SSSR count). The first kappa shape index (κ1) is 14.3. The van der Waals surface area contributed by atoms with Crippen LogP contribution in [0.15, 0.2) is 24.3 Å². The molecule has 7 heteroatoms. The standard InChI is InChI=1S/C11H12F3NO3/c1-10(9(17)18,15-6-11(12,13)14)7-3-2-4-8(16)5-7/h2-5,15-16H,6H2,1H3,(H,17,18). The van der Waals surface area contributed by atoms with Crippen molar-refractivity contribution >= 4 is 5.97 Å². The highest BCUT2D eigenvalue weighted by Gasteiger charge is 2.39. The number of alkyl halides is 3. The highest BCUT2D eigenvalue weighted by atomic mass is 19.4. The summed E-state index contributed by atoms with van der Waals surface area (Å²) in [6.45, 7) is -0.332. The van der Waals surface area contributed by atoms with Gasteiger partial charge < -0.3 is 10.2 Å². The number of hydrogen-bond acceptors (Lipinski definition) is 3. The normalized spacial score (nSPS) is 15.1. The first-order valence-corrected chi connectivity index (χ1v) is 5.00. The molecule has 1 aromatic carbocycles. The molecule has 0 bridgehead atoms. The number of carboxylic acid groups (broad SMARTS) is 1. The molecule has 0 fully saturated rings. The molecule has 100 valence electrons. The van der Waals surface area contributed by atoms with Crippen molar-refractivity contribution in [3.05, 3.63) is 29.8 Å². The molecule has 0 amide bonds. The van der Waals surface area contributed by atoms with Crippen LogP contribution >= 0.6 is 0 Å². The third-order valence-corrected chi connectivity index (χ3v) is 2.49. The average Bonchev–Trinajstić information content (AvgIpc) is 2.24. The molecule has 0 spiro atoms. The Morgan fingerprint density at radius 1 is 1.39 bits per heavy atom. The van der Waals surface area contributed by atoms with Gasteiger partial charge >= 0.3 is 12.1 Å². The van der Waals surface area contributed by atoms with E-state index in [0.717, 1.165) is 13.0 Å². The van der Waals surface area contributed by atoms with Gasteiger partial charge in [-0.15, -0.1) is 0 Å². The fourth-order valence-electron chi connectivity index (χ4n) is 1.40. The Labute approximate surface area is 101 Å². The lowest BCUT2D eigenvalue weighted by Crippen LogP contribution is -2.50. The van der Waals surface area contributed by atoms with Crippen LogP contribution in [0.1, 0.15) is 12.5 Å². The lowest BCUT2D eigenvalue weighted by molar-refractivity contribution is -0.150. The predicted molar refractivity (Wildman–Crippen MR) is 57.2 cm³/mol. The maximum absolute atomic E-state index is 12.1. The van der Waals surface area contributed by atoms with E-state index in [1.54, 1.807) is 0 Å². The van der Waals surface area contributed by atoms with Gasteiger partial charge in [-0.25, -0.2) is 4.79 Å². The van der Waals surface area contributed by atoms with Gasteiger partial charge in [-0.05, 0) is 24.6 Å². The number of benzene rings is 1. The van der Waals surface area contributed by atoms with Crippen LogP contribution < -0.4 is 5.32 Å². The molecular formula is C11H12F3NO3. The number of phenols is 1. The van der Waals surface area contributed by atoms with Gasteiger partial charge in [0.05, 0.1) is 6.54 Å². The number of nitrogens with one attached hydrogen (secondary N) is 1. The molecule has 0 heterocycles. The van der Waals surface area contributed by atoms with Crippen LogP contribution in [0.5, 0.6) is 5.75 Å². The van der Waals surface area contributed by atoms with Gasteiger partial charge in [-0.2, -0.15) is 13.2 Å². The highest BCUT2D eigenvalue weighted by molar-refractivity contribution is 5.80. The van der Waals surface area contributed by atoms with E-state index in [9.17, 15) is 23.1 Å². The van der Waals surface area contributed by atoms with Crippen LogP contribution in [0.4, 0.5) is 13.2 Å². The first-order valence-electron chi connectivity index (χ1n) is 5.00. The minimum atomic E-state index is -4.52. The molecule has 3 N–H and O–H groups in total. The minimum Gasteiger partial charge on any atom is -0.508 e. The van der Waals surface area contributed by atoms with E-state index >= 15 is 0 Å². The number of rotatable bonds is 4. The summed E-state index contributed by atoms with van der Waals surface area (Å²) in [4.78, 5) is 11.1. The summed E-state index contributed by atoms with van der Waals surface area (Å²) < 4.78 is 36.4. The Hall–Kier alpha value is -1.76. The molecular weight excluding hydrogens is 251 g/mol. The van der Waals surface area contributed by atoms with Crippen molar-refractivity contribution in [1.29, 1.82) is 0 Å². The summed E-state index contributed by atoms with van der Waals surface area (Å²) in [5.41, 5.74) is -1.88. The Kier molecular flexibility index (Phi) is 3.85. The zero-order chi connectivity index (χ0) is 14.0. The monoisotopic (exact) mass is 263 g/mol. The summed E-state index contributed by atoms with van der Waals surface area (Å²) in [5, 5.41) is 20.2. The molecule has 0 aromatic heterocycles. The number of halogens is 3. The van der Waals surface area contributed by atoms with Crippen molar-refractivity contribution < 1.29 is 28.2 Å². The van der Waals surface area contributed by atoms with E-state index in [4.69, 9.17) is 5.11 Å². The summed E-state index contributed by atoms with van der Waals surface area (Å²) in [6, 6.07) is 5.10. The zero-order valence-corrected chi connectivity index (χ0v) is 9.45. The second-order valence-electron chi connectivity index (χ2n) is 3.95. The average molecular weight is 263 g/mol. The molecule has 0 aliphatic heterocycles. The van der Waals surface area contributed by atoms with E-state index in [-0.39, 0.29) is 11.3 Å². The molecule has 4 nitrogen and oxygen atoms in total. The van der Waals surface area contributed by atoms with Gasteiger partial charge in [0, 0.05) is 0 Å². The van der Waals surface area contributed by atoms with Gasteiger partial charge in [0.2, 0.25) is 0 Å². The summed E-state index contributed by atoms with van der Waals surface area (Å²) in [5.74, 6) is -1.67. The number of hydrogen-bond donors (Lipinski definition) is 3. The molecule has 0 saturated heterocycles. The second kappa shape index (κ2) is 4.85. The molecule has 0 aliphatic carbocycles. The summed E-state index contributed by atoms with van der Waals surface area (Å²) in [6.07, 6.45) is -4.52. The van der Waals surface area contributed by atoms with Gasteiger partial charge in [0.15, 0.2) is 0 Å². The Balaban J connectivity index is 3.04. The minimum absolute atomic E-state index is 0.0410. The van der Waals surface area contributed by atoms with Crippen molar-refractivity contribution in [1.82, 2.24) is 5.32 Å². The van der Waals surface area contributed by atoms with Crippen LogP contribution in [0.25, 0.3) is 0 Å². The number of phenolic OH excluding ortho intramolecular Hbond substituents is 1. The summed E-state index contributed by atoms with van der Waals surface area (Å²) >= 11 is 0. The first-order chi connectivity index (χ1) is 8.15. The van der Waals surface area contributed by atoms with Gasteiger partial charge in [0.1, 0.15) is 11.3 Å². The molecule has 0 radical (unpaired) electrons. The fourth-order valence-corrected chi connectivity index (χ4v) is 1.40. The van der Waals surface area contributed by atoms with Crippen molar-refractivity contribution in [3.8, 4) is 5.75 Å². The number of carboxylic acids is 1. The fraction of sp³-hybridized carbons (Fsp3) is 0.364. The molecule has 1 atom stereocenters. The maximum atomic E-state index is 12.1. The van der Waals surface area contributed by atoms with Gasteiger partial charge in [0.25, 0.3) is 0 Å². The lowest BCUT2D eigenvalue weighted by Gasteiger charge is -2.27. The van der Waals surface area contributed by atoms with Crippen LogP contribution in [-0.2, 0) is 10.3 Å². The highest BCUT2D eigenvalue weighted by Crippen LogP contribution is 2.26. The number of aromatic hydroxyl groups is 1. The van der Waals surface area contributed by atoms with E-state index in [1.807, 2.05) is 5.32 Å². The van der Waals surface area contributed by atoms with E-state index in [0.29, 0.717) is 0 Å². The van der Waals surface area contributed by atoms with E-state index in [2.05, 4.69) is 0 Å². The Morgan fingerprint density at radius 3 is 2.44 bits per heavy atom. The van der Waals surface area contributed by atoms with E-state index in [1.165, 1.54) is 18.2 Å². The largest absolute Gasteiger partial charge is 0.508 e. The van der Waals surface area contributed by atoms with Crippen molar-refractivity contribution in [3.63, 3.8) is 0 Å². The third-order valence-electron chi connectivity index (χ3n) is 2.49. The van der Waals surface area contributed by atoms with Crippen LogP contribution in [0.3, 0.4) is 0 Å². The van der Waals surface area contributed by atoms with Crippen LogP contribution in [0, 0.1) is 0 Å². The molecule has 1 aromatic rings. The maximum Gasteiger partial charge on any atom is 0.401 e. The van der Waals surface area contributed by atoms with Gasteiger partial charge in [-0.3, -0.25) is 5.32 Å². The van der Waals surface area contributed by atoms with E-state index < -0.39 is 24.2 Å². The SMILES string of the molecule is CC(NCC(F)(F)F)(C(=O)O)c1cccc(O)c1. The molecule has 18 heavy (non-hydrogen) atoms. The third kappa shape index (κ3) is 3.36. The quantitative estimate of drug-likeness (QED) is 0.775. The summed E-state index contributed by atoms with van der Waals surface area (Å²) in [7, 11) is 0. The number of aliphatic carboxylic acids is 1. The van der Waals surface area contributed by atoms with Gasteiger partial charge in [-0.1, -0.05) is 12.1 Å². The molecule has 0 saturated carbocycles. The van der Waals surface area contributed by atoms with Crippen molar-refractivity contribution in [2.45, 2.75) is 18.6 Å².